The van der Waals surface area contributed by atoms with Crippen LogP contribution in [0.15, 0.2) is 12.2 Å². The minimum atomic E-state index is -0.618. The molecule has 1 saturated carbocycles. The molecule has 0 aromatic heterocycles. The fourth-order valence-corrected chi connectivity index (χ4v) is 2.26. The van der Waals surface area contributed by atoms with Crippen LogP contribution in [0.2, 0.25) is 0 Å². The number of aliphatic hydroxyl groups excluding tert-OH is 2. The summed E-state index contributed by atoms with van der Waals surface area (Å²) in [5.74, 6) is 0.0845. The van der Waals surface area contributed by atoms with E-state index in [0.29, 0.717) is 6.54 Å². The van der Waals surface area contributed by atoms with E-state index >= 15 is 0 Å². The van der Waals surface area contributed by atoms with E-state index in [4.69, 9.17) is 0 Å². The molecule has 13 heavy (non-hydrogen) atoms. The van der Waals surface area contributed by atoms with E-state index in [-0.39, 0.29) is 11.5 Å². The summed E-state index contributed by atoms with van der Waals surface area (Å²) >= 11 is 0. The third-order valence-corrected chi connectivity index (χ3v) is 3.25. The van der Waals surface area contributed by atoms with Crippen LogP contribution in [0.5, 0.6) is 0 Å². The molecule has 1 aliphatic heterocycles. The second kappa shape index (κ2) is 3.08. The van der Waals surface area contributed by atoms with Crippen LogP contribution < -0.4 is 5.32 Å². The van der Waals surface area contributed by atoms with Crippen LogP contribution in [-0.2, 0) is 0 Å². The molecule has 3 atom stereocenters. The van der Waals surface area contributed by atoms with Crippen molar-refractivity contribution in [3.05, 3.63) is 12.2 Å². The molecule has 0 aromatic rings. The third kappa shape index (κ3) is 1.41. The summed E-state index contributed by atoms with van der Waals surface area (Å²) in [5, 5.41) is 22.6. The minimum Gasteiger partial charge on any atom is -0.390 e. The SMILES string of the molecule is CC=C[C@@H]1[C@@H](O)[C@H](O)CNC12CC2. The molecule has 1 aliphatic carbocycles. The molecule has 0 amide bonds. The highest BCUT2D eigenvalue weighted by atomic mass is 16.3. The van der Waals surface area contributed by atoms with Crippen molar-refractivity contribution in [1.29, 1.82) is 0 Å². The molecule has 1 saturated heterocycles. The smallest absolute Gasteiger partial charge is 0.0929 e. The Labute approximate surface area is 78.5 Å². The quantitative estimate of drug-likeness (QED) is 0.503. The number of nitrogens with one attached hydrogen (secondary N) is 1. The molecule has 74 valence electrons. The molecule has 0 unspecified atom stereocenters. The highest BCUT2D eigenvalue weighted by Gasteiger charge is 2.54. The number of rotatable bonds is 1. The molecular weight excluding hydrogens is 166 g/mol. The van der Waals surface area contributed by atoms with Gasteiger partial charge in [-0.3, -0.25) is 0 Å². The number of β-amino-alcohol motifs (C(OH)–C–C–N with tert-alkyl or cyclic N) is 1. The van der Waals surface area contributed by atoms with Crippen molar-refractivity contribution >= 4 is 0 Å². The van der Waals surface area contributed by atoms with Gasteiger partial charge < -0.3 is 15.5 Å². The van der Waals surface area contributed by atoms with Crippen molar-refractivity contribution in [2.75, 3.05) is 6.54 Å². The second-order valence-electron chi connectivity index (χ2n) is 4.15. The van der Waals surface area contributed by atoms with Gasteiger partial charge in [0.2, 0.25) is 0 Å². The Balaban J connectivity index is 2.15. The summed E-state index contributed by atoms with van der Waals surface area (Å²) in [6, 6.07) is 0. The van der Waals surface area contributed by atoms with Crippen LogP contribution in [0.25, 0.3) is 0 Å². The summed E-state index contributed by atoms with van der Waals surface area (Å²) < 4.78 is 0. The second-order valence-corrected chi connectivity index (χ2v) is 4.15. The van der Waals surface area contributed by atoms with E-state index in [2.05, 4.69) is 5.32 Å². The molecule has 0 aromatic carbocycles. The van der Waals surface area contributed by atoms with Gasteiger partial charge in [0.1, 0.15) is 0 Å². The summed E-state index contributed by atoms with van der Waals surface area (Å²) in [6.07, 6.45) is 4.98. The maximum absolute atomic E-state index is 9.80. The van der Waals surface area contributed by atoms with Gasteiger partial charge in [-0.05, 0) is 19.8 Å². The Hall–Kier alpha value is -0.380. The zero-order chi connectivity index (χ0) is 9.47. The summed E-state index contributed by atoms with van der Waals surface area (Å²) in [7, 11) is 0. The largest absolute Gasteiger partial charge is 0.390 e. The number of allylic oxidation sites excluding steroid dienone is 1. The van der Waals surface area contributed by atoms with Crippen molar-refractivity contribution in [3.8, 4) is 0 Å². The molecule has 3 nitrogen and oxygen atoms in total. The number of hydrogen-bond acceptors (Lipinski definition) is 3. The predicted molar refractivity (Wildman–Crippen MR) is 50.3 cm³/mol. The van der Waals surface area contributed by atoms with Gasteiger partial charge in [-0.1, -0.05) is 12.2 Å². The van der Waals surface area contributed by atoms with E-state index in [1.54, 1.807) is 0 Å². The van der Waals surface area contributed by atoms with E-state index < -0.39 is 12.2 Å². The van der Waals surface area contributed by atoms with Crippen LogP contribution in [0.3, 0.4) is 0 Å². The maximum atomic E-state index is 9.80. The van der Waals surface area contributed by atoms with Crippen LogP contribution in [0, 0.1) is 5.92 Å². The molecule has 0 radical (unpaired) electrons. The van der Waals surface area contributed by atoms with E-state index in [9.17, 15) is 10.2 Å². The van der Waals surface area contributed by atoms with Crippen molar-refractivity contribution in [2.45, 2.75) is 37.5 Å². The van der Waals surface area contributed by atoms with Crippen LogP contribution in [0.1, 0.15) is 19.8 Å². The molecule has 0 bridgehead atoms. The van der Waals surface area contributed by atoms with Gasteiger partial charge in [-0.25, -0.2) is 0 Å². The molecule has 3 N–H and O–H groups in total. The molecule has 2 fully saturated rings. The first-order chi connectivity index (χ1) is 6.19. The van der Waals surface area contributed by atoms with Gasteiger partial charge in [-0.15, -0.1) is 0 Å². The molecule has 1 heterocycles. The number of aliphatic hydroxyl groups is 2. The standard InChI is InChI=1S/C10H17NO2/c1-2-3-7-9(13)8(12)6-11-10(7)4-5-10/h2-3,7-9,11-13H,4-6H2,1H3/t7-,8-,9-/m1/s1. The Morgan fingerprint density at radius 2 is 2.08 bits per heavy atom. The fraction of sp³-hybridized carbons (Fsp3) is 0.800. The summed E-state index contributed by atoms with van der Waals surface area (Å²) in [5.41, 5.74) is 0.102. The molecule has 3 heteroatoms. The average molecular weight is 183 g/mol. The zero-order valence-corrected chi connectivity index (χ0v) is 7.90. The number of hydrogen-bond donors (Lipinski definition) is 3. The Bertz CT molecular complexity index is 223. The van der Waals surface area contributed by atoms with Crippen LogP contribution in [-0.4, -0.2) is 34.5 Å². The Kier molecular flexibility index (Phi) is 2.18. The first-order valence-corrected chi connectivity index (χ1v) is 4.93. The first-order valence-electron chi connectivity index (χ1n) is 4.93. The van der Waals surface area contributed by atoms with Gasteiger partial charge in [0.05, 0.1) is 12.2 Å². The van der Waals surface area contributed by atoms with E-state index in [0.717, 1.165) is 12.8 Å². The Morgan fingerprint density at radius 1 is 1.38 bits per heavy atom. The van der Waals surface area contributed by atoms with Crippen LogP contribution in [0.4, 0.5) is 0 Å². The lowest BCUT2D eigenvalue weighted by molar-refractivity contribution is -0.0421. The fourth-order valence-electron chi connectivity index (χ4n) is 2.26. The van der Waals surface area contributed by atoms with Gasteiger partial charge in [0.15, 0.2) is 0 Å². The maximum Gasteiger partial charge on any atom is 0.0929 e. The summed E-state index contributed by atoms with van der Waals surface area (Å²) in [6.45, 7) is 2.47. The third-order valence-electron chi connectivity index (χ3n) is 3.25. The molecule has 2 aliphatic rings. The van der Waals surface area contributed by atoms with Crippen molar-refractivity contribution in [3.63, 3.8) is 0 Å². The lowest BCUT2D eigenvalue weighted by Gasteiger charge is -2.38. The van der Waals surface area contributed by atoms with Crippen LogP contribution >= 0.6 is 0 Å². The molecule has 2 rings (SSSR count). The highest BCUT2D eigenvalue weighted by Crippen LogP contribution is 2.46. The molecule has 1 spiro atoms. The normalized spacial score (nSPS) is 42.8. The van der Waals surface area contributed by atoms with E-state index in [1.165, 1.54) is 0 Å². The first kappa shape index (κ1) is 9.19. The van der Waals surface area contributed by atoms with Gasteiger partial charge in [0.25, 0.3) is 0 Å². The monoisotopic (exact) mass is 183 g/mol. The van der Waals surface area contributed by atoms with Crippen molar-refractivity contribution in [2.24, 2.45) is 5.92 Å². The predicted octanol–water partition coefficient (Wildman–Crippen LogP) is 0.0363. The van der Waals surface area contributed by atoms with Crippen molar-refractivity contribution in [1.82, 2.24) is 5.32 Å². The van der Waals surface area contributed by atoms with Crippen molar-refractivity contribution < 1.29 is 10.2 Å². The van der Waals surface area contributed by atoms with Gasteiger partial charge in [-0.2, -0.15) is 0 Å². The lowest BCUT2D eigenvalue weighted by atomic mass is 9.84. The summed E-state index contributed by atoms with van der Waals surface area (Å²) in [4.78, 5) is 0. The zero-order valence-electron chi connectivity index (χ0n) is 7.90. The Morgan fingerprint density at radius 3 is 2.62 bits per heavy atom. The topological polar surface area (TPSA) is 52.5 Å². The number of piperidine rings is 1. The lowest BCUT2D eigenvalue weighted by Crippen LogP contribution is -2.57. The highest BCUT2D eigenvalue weighted by molar-refractivity contribution is 5.18. The molecular formula is C10H17NO2. The minimum absolute atomic E-state index is 0.0845. The van der Waals surface area contributed by atoms with Gasteiger partial charge >= 0.3 is 0 Å². The van der Waals surface area contributed by atoms with E-state index in [1.807, 2.05) is 19.1 Å². The average Bonchev–Trinajstić information content (AvgIpc) is 2.88. The van der Waals surface area contributed by atoms with Gasteiger partial charge in [0, 0.05) is 18.0 Å².